The molecule has 0 bridgehead atoms. The first-order chi connectivity index (χ1) is 12.0. The highest BCUT2D eigenvalue weighted by molar-refractivity contribution is 5.66. The van der Waals surface area contributed by atoms with Gasteiger partial charge in [-0.3, -0.25) is 4.79 Å². The van der Waals surface area contributed by atoms with Crippen LogP contribution in [0.2, 0.25) is 0 Å². The van der Waals surface area contributed by atoms with Crippen molar-refractivity contribution in [1.29, 1.82) is 0 Å². The summed E-state index contributed by atoms with van der Waals surface area (Å²) in [4.78, 5) is 10.5. The summed E-state index contributed by atoms with van der Waals surface area (Å²) in [5, 5.41) is 18.7. The highest BCUT2D eigenvalue weighted by Gasteiger charge is 2.49. The minimum atomic E-state index is -1.12. The molecule has 5 atom stereocenters. The van der Waals surface area contributed by atoms with Crippen LogP contribution in [-0.4, -0.2) is 34.6 Å². The van der Waals surface area contributed by atoms with Crippen LogP contribution in [0.3, 0.4) is 0 Å². The predicted molar refractivity (Wildman–Crippen MR) is 94.8 cm³/mol. The van der Waals surface area contributed by atoms with E-state index in [1.165, 1.54) is 0 Å². The molecule has 0 aromatic rings. The Bertz CT molecular complexity index is 488. The first-order valence-electron chi connectivity index (χ1n) is 9.61. The largest absolute Gasteiger partial charge is 0.492 e. The molecule has 2 fully saturated rings. The van der Waals surface area contributed by atoms with Crippen molar-refractivity contribution in [2.24, 2.45) is 11.8 Å². The minimum absolute atomic E-state index is 0.0902. The Hall–Kier alpha value is -1.36. The van der Waals surface area contributed by atoms with E-state index in [9.17, 15) is 14.3 Å². The van der Waals surface area contributed by atoms with Crippen LogP contribution in [0.15, 0.2) is 24.0 Å². The van der Waals surface area contributed by atoms with Gasteiger partial charge >= 0.3 is 5.97 Å². The van der Waals surface area contributed by atoms with Crippen molar-refractivity contribution in [1.82, 2.24) is 0 Å². The Balaban J connectivity index is 1.84. The fourth-order valence-electron chi connectivity index (χ4n) is 3.84. The molecule has 2 N–H and O–H groups in total. The number of rotatable bonds is 10. The molecule has 5 heteroatoms. The average Bonchev–Trinajstić information content (AvgIpc) is 3.10. The third-order valence-corrected chi connectivity index (χ3v) is 5.23. The van der Waals surface area contributed by atoms with Gasteiger partial charge in [0.1, 0.15) is 11.9 Å². The SMILES string of the molecule is CCCCC[C@H](O)C=C[C@H]1CC[C@@H]2OC(=CCCCC(=O)O)C(F)[C@@H]21. The lowest BCUT2D eigenvalue weighted by molar-refractivity contribution is -0.137. The molecule has 0 amide bonds. The number of carbonyl (C=O) groups is 1. The number of ether oxygens (including phenoxy) is 1. The Morgan fingerprint density at radius 3 is 2.88 bits per heavy atom. The summed E-state index contributed by atoms with van der Waals surface area (Å²) in [6.07, 6.45) is 10.7. The van der Waals surface area contributed by atoms with Crippen molar-refractivity contribution in [3.8, 4) is 0 Å². The van der Waals surface area contributed by atoms with Crippen LogP contribution in [0, 0.1) is 11.8 Å². The number of fused-ring (bicyclic) bond motifs is 1. The highest BCUT2D eigenvalue weighted by Crippen LogP contribution is 2.47. The number of hydrogen-bond acceptors (Lipinski definition) is 3. The molecule has 2 rings (SSSR count). The Morgan fingerprint density at radius 1 is 1.36 bits per heavy atom. The van der Waals surface area contributed by atoms with E-state index in [2.05, 4.69) is 6.92 Å². The van der Waals surface area contributed by atoms with Crippen LogP contribution in [0.25, 0.3) is 0 Å². The maximum atomic E-state index is 14.7. The summed E-state index contributed by atoms with van der Waals surface area (Å²) in [7, 11) is 0. The molecule has 4 nitrogen and oxygen atoms in total. The van der Waals surface area contributed by atoms with Gasteiger partial charge in [0, 0.05) is 12.3 Å². The van der Waals surface area contributed by atoms with Crippen LogP contribution in [-0.2, 0) is 9.53 Å². The number of allylic oxidation sites excluding steroid dienone is 3. The lowest BCUT2D eigenvalue weighted by Gasteiger charge is -2.15. The molecular formula is C20H31FO4. The van der Waals surface area contributed by atoms with Gasteiger partial charge in [-0.05, 0) is 44.1 Å². The summed E-state index contributed by atoms with van der Waals surface area (Å²) in [5.74, 6) is -0.528. The highest BCUT2D eigenvalue weighted by atomic mass is 19.1. The van der Waals surface area contributed by atoms with Crippen LogP contribution in [0.1, 0.15) is 64.7 Å². The summed E-state index contributed by atoms with van der Waals surface area (Å²) < 4.78 is 20.5. The van der Waals surface area contributed by atoms with Gasteiger partial charge in [0.25, 0.3) is 0 Å². The monoisotopic (exact) mass is 354 g/mol. The molecule has 1 saturated carbocycles. The zero-order chi connectivity index (χ0) is 18.2. The first-order valence-corrected chi connectivity index (χ1v) is 9.61. The number of carboxylic acids is 1. The second-order valence-electron chi connectivity index (χ2n) is 7.22. The quantitative estimate of drug-likeness (QED) is 0.451. The zero-order valence-electron chi connectivity index (χ0n) is 15.1. The maximum absolute atomic E-state index is 14.7. The van der Waals surface area contributed by atoms with Gasteiger partial charge in [-0.2, -0.15) is 0 Å². The summed E-state index contributed by atoms with van der Waals surface area (Å²) in [5.41, 5.74) is 0. The van der Waals surface area contributed by atoms with Crippen LogP contribution >= 0.6 is 0 Å². The lowest BCUT2D eigenvalue weighted by Crippen LogP contribution is -2.21. The van der Waals surface area contributed by atoms with E-state index in [0.29, 0.717) is 18.6 Å². The molecule has 1 aliphatic carbocycles. The lowest BCUT2D eigenvalue weighted by atomic mass is 9.90. The van der Waals surface area contributed by atoms with E-state index >= 15 is 0 Å². The molecule has 0 radical (unpaired) electrons. The van der Waals surface area contributed by atoms with E-state index in [0.717, 1.165) is 38.5 Å². The van der Waals surface area contributed by atoms with Gasteiger partial charge in [0.15, 0.2) is 6.17 Å². The van der Waals surface area contributed by atoms with E-state index in [4.69, 9.17) is 9.84 Å². The predicted octanol–water partition coefficient (Wildman–Crippen LogP) is 4.39. The molecule has 25 heavy (non-hydrogen) atoms. The second-order valence-corrected chi connectivity index (χ2v) is 7.22. The number of hydrogen-bond donors (Lipinski definition) is 2. The van der Waals surface area contributed by atoms with Crippen molar-refractivity contribution < 1.29 is 24.1 Å². The Kier molecular flexibility index (Phi) is 7.94. The van der Waals surface area contributed by atoms with Crippen LogP contribution < -0.4 is 0 Å². The molecule has 1 heterocycles. The van der Waals surface area contributed by atoms with E-state index in [-0.39, 0.29) is 24.4 Å². The van der Waals surface area contributed by atoms with Crippen LogP contribution in [0.4, 0.5) is 4.39 Å². The van der Waals surface area contributed by atoms with E-state index in [1.807, 2.05) is 12.2 Å². The van der Waals surface area contributed by atoms with Gasteiger partial charge in [-0.15, -0.1) is 0 Å². The van der Waals surface area contributed by atoms with Crippen molar-refractivity contribution in [2.45, 2.75) is 83.1 Å². The standard InChI is InChI=1S/C20H31FO4/c1-2-3-4-7-15(22)12-10-14-11-13-16-19(14)20(21)17(25-16)8-5-6-9-18(23)24/h8,10,12,14-16,19-20,22H,2-7,9,11,13H2,1H3,(H,23,24)/t14-,15-,16-,19+,20?/m0/s1. The topological polar surface area (TPSA) is 66.8 Å². The van der Waals surface area contributed by atoms with Crippen molar-refractivity contribution in [2.75, 3.05) is 0 Å². The third-order valence-electron chi connectivity index (χ3n) is 5.23. The van der Waals surface area contributed by atoms with E-state index in [1.54, 1.807) is 6.08 Å². The Labute approximate surface area is 149 Å². The van der Waals surface area contributed by atoms with E-state index < -0.39 is 18.2 Å². The smallest absolute Gasteiger partial charge is 0.303 e. The average molecular weight is 354 g/mol. The minimum Gasteiger partial charge on any atom is -0.492 e. The van der Waals surface area contributed by atoms with Crippen molar-refractivity contribution in [3.63, 3.8) is 0 Å². The van der Waals surface area contributed by atoms with Gasteiger partial charge in [0.2, 0.25) is 0 Å². The first kappa shape index (κ1) is 20.0. The number of carboxylic acid groups (broad SMARTS) is 1. The van der Waals surface area contributed by atoms with Crippen molar-refractivity contribution in [3.05, 3.63) is 24.0 Å². The summed E-state index contributed by atoms with van der Waals surface area (Å²) in [6, 6.07) is 0. The van der Waals surface area contributed by atoms with Crippen molar-refractivity contribution >= 4 is 5.97 Å². The number of alkyl halides is 1. The molecule has 1 aliphatic heterocycles. The molecule has 2 aliphatic rings. The molecule has 0 aromatic heterocycles. The molecule has 1 saturated heterocycles. The fourth-order valence-corrected chi connectivity index (χ4v) is 3.84. The van der Waals surface area contributed by atoms with Gasteiger partial charge in [-0.25, -0.2) is 4.39 Å². The zero-order valence-corrected chi connectivity index (χ0v) is 15.1. The molecular weight excluding hydrogens is 323 g/mol. The number of aliphatic carboxylic acids is 1. The number of aliphatic hydroxyl groups is 1. The fraction of sp³-hybridized carbons (Fsp3) is 0.750. The second kappa shape index (κ2) is 9.95. The van der Waals surface area contributed by atoms with Gasteiger partial charge in [-0.1, -0.05) is 38.3 Å². The molecule has 0 aromatic carbocycles. The van der Waals surface area contributed by atoms with Crippen LogP contribution in [0.5, 0.6) is 0 Å². The molecule has 142 valence electrons. The number of aliphatic hydroxyl groups excluding tert-OH is 1. The summed E-state index contributed by atoms with van der Waals surface area (Å²) >= 11 is 0. The normalized spacial score (nSPS) is 31.4. The summed E-state index contributed by atoms with van der Waals surface area (Å²) in [6.45, 7) is 2.13. The number of unbranched alkanes of at least 4 members (excludes halogenated alkanes) is 3. The van der Waals surface area contributed by atoms with Gasteiger partial charge in [0.05, 0.1) is 6.10 Å². The molecule has 1 unspecified atom stereocenters. The third kappa shape index (κ3) is 5.84. The van der Waals surface area contributed by atoms with Gasteiger partial charge < -0.3 is 14.9 Å². The number of halogens is 1. The molecule has 0 spiro atoms. The Morgan fingerprint density at radius 2 is 2.16 bits per heavy atom. The maximum Gasteiger partial charge on any atom is 0.303 e.